The summed E-state index contributed by atoms with van der Waals surface area (Å²) in [6.07, 6.45) is 0. The number of carbonyl (C=O) groups excluding carboxylic acids is 1. The predicted molar refractivity (Wildman–Crippen MR) is 129 cm³/mol. The molecule has 0 aliphatic heterocycles. The van der Waals surface area contributed by atoms with Crippen molar-refractivity contribution in [2.45, 2.75) is 33.1 Å². The van der Waals surface area contributed by atoms with Crippen LogP contribution in [0.5, 0.6) is 5.88 Å². The fourth-order valence-corrected chi connectivity index (χ4v) is 4.54. The monoisotopic (exact) mass is 445 g/mol. The van der Waals surface area contributed by atoms with Gasteiger partial charge in [-0.25, -0.2) is 4.98 Å². The van der Waals surface area contributed by atoms with Crippen LogP contribution >= 0.6 is 0 Å². The molecule has 1 aliphatic carbocycles. The third-order valence-corrected chi connectivity index (χ3v) is 6.51. The van der Waals surface area contributed by atoms with E-state index < -0.39 is 5.41 Å². The van der Waals surface area contributed by atoms with E-state index in [0.717, 1.165) is 49.3 Å². The molecule has 0 spiro atoms. The molecule has 1 aliphatic rings. The van der Waals surface area contributed by atoms with E-state index in [1.54, 1.807) is 18.2 Å². The first-order valence-electron chi connectivity index (χ1n) is 11.6. The van der Waals surface area contributed by atoms with Crippen LogP contribution in [0.15, 0.2) is 30.3 Å². The molecule has 2 N–H and O–H groups in total. The van der Waals surface area contributed by atoms with E-state index in [1.807, 2.05) is 12.1 Å². The maximum Gasteiger partial charge on any atom is 0.213 e. The van der Waals surface area contributed by atoms with Crippen molar-refractivity contribution in [3.63, 3.8) is 0 Å². The minimum Gasteiger partial charge on any atom is -0.476 e. The van der Waals surface area contributed by atoms with Gasteiger partial charge in [0.2, 0.25) is 5.88 Å². The lowest BCUT2D eigenvalue weighted by atomic mass is 9.74. The van der Waals surface area contributed by atoms with Gasteiger partial charge in [-0.3, -0.25) is 4.79 Å². The maximum absolute atomic E-state index is 13.4. The van der Waals surface area contributed by atoms with Gasteiger partial charge >= 0.3 is 0 Å². The van der Waals surface area contributed by atoms with Crippen LogP contribution in [0.1, 0.15) is 60.6 Å². The average molecular weight is 446 g/mol. The van der Waals surface area contributed by atoms with E-state index in [-0.39, 0.29) is 5.78 Å². The summed E-state index contributed by atoms with van der Waals surface area (Å²) in [6, 6.07) is 11.1. The number of fused-ring (bicyclic) bond motifs is 4. The number of carbonyl (C=O) groups is 1. The molecular formula is C26H31N5O2. The van der Waals surface area contributed by atoms with Crippen molar-refractivity contribution in [3.8, 4) is 11.9 Å². The normalized spacial score (nSPS) is 14.2. The van der Waals surface area contributed by atoms with Crippen molar-refractivity contribution in [1.29, 1.82) is 5.26 Å². The summed E-state index contributed by atoms with van der Waals surface area (Å²) in [5.74, 6) is 0.471. The molecule has 172 valence electrons. The average Bonchev–Trinajstić information content (AvgIpc) is 3.22. The number of hydrogen-bond donors (Lipinski definition) is 2. The van der Waals surface area contributed by atoms with Gasteiger partial charge in [0.1, 0.15) is 6.61 Å². The Balaban J connectivity index is 1.51. The number of aromatic nitrogens is 2. The molecule has 2 heterocycles. The number of aromatic amines is 1. The summed E-state index contributed by atoms with van der Waals surface area (Å²) in [6.45, 7) is 13.7. The lowest BCUT2D eigenvalue weighted by Gasteiger charge is -2.31. The van der Waals surface area contributed by atoms with Crippen LogP contribution in [-0.4, -0.2) is 60.0 Å². The number of pyridine rings is 1. The van der Waals surface area contributed by atoms with Crippen LogP contribution in [0, 0.1) is 11.3 Å². The molecule has 2 aromatic heterocycles. The molecule has 7 heteroatoms. The van der Waals surface area contributed by atoms with Crippen LogP contribution in [0.3, 0.4) is 0 Å². The quantitative estimate of drug-likeness (QED) is 0.489. The predicted octanol–water partition coefficient (Wildman–Crippen LogP) is 3.62. The Morgan fingerprint density at radius 1 is 1.18 bits per heavy atom. The molecule has 4 rings (SSSR count). The second-order valence-electron chi connectivity index (χ2n) is 8.87. The topological polar surface area (TPSA) is 94.0 Å². The van der Waals surface area contributed by atoms with Crippen molar-refractivity contribution in [2.24, 2.45) is 0 Å². The highest BCUT2D eigenvalue weighted by atomic mass is 16.5. The molecule has 0 atom stereocenters. The number of ketones is 1. The fraction of sp³-hybridized carbons (Fsp3) is 0.423. The molecule has 0 amide bonds. The molecule has 0 radical (unpaired) electrons. The smallest absolute Gasteiger partial charge is 0.213 e. The summed E-state index contributed by atoms with van der Waals surface area (Å²) >= 11 is 0. The number of nitrogens with one attached hydrogen (secondary N) is 2. The lowest BCUT2D eigenvalue weighted by molar-refractivity contribution is 0.103. The minimum atomic E-state index is -0.508. The molecule has 0 unspecified atom stereocenters. The minimum absolute atomic E-state index is 0.0487. The molecule has 0 fully saturated rings. The molecule has 7 nitrogen and oxygen atoms in total. The van der Waals surface area contributed by atoms with Gasteiger partial charge in [-0.2, -0.15) is 5.26 Å². The number of nitrogens with zero attached hydrogens (tertiary/aromatic N) is 3. The van der Waals surface area contributed by atoms with Crippen LogP contribution < -0.4 is 10.1 Å². The van der Waals surface area contributed by atoms with Crippen LogP contribution in [0.4, 0.5) is 0 Å². The molecule has 33 heavy (non-hydrogen) atoms. The Morgan fingerprint density at radius 2 is 1.97 bits per heavy atom. The van der Waals surface area contributed by atoms with Gasteiger partial charge in [0.25, 0.3) is 0 Å². The highest BCUT2D eigenvalue weighted by Crippen LogP contribution is 2.43. The van der Waals surface area contributed by atoms with Crippen LogP contribution in [0.25, 0.3) is 10.9 Å². The van der Waals surface area contributed by atoms with Gasteiger partial charge in [-0.15, -0.1) is 0 Å². The Bertz CT molecular complexity index is 1220. The largest absolute Gasteiger partial charge is 0.476 e. The van der Waals surface area contributed by atoms with Crippen LogP contribution in [-0.2, 0) is 5.41 Å². The molecule has 1 aromatic carbocycles. The first-order valence-corrected chi connectivity index (χ1v) is 11.6. The second-order valence-corrected chi connectivity index (χ2v) is 8.87. The Morgan fingerprint density at radius 3 is 2.70 bits per heavy atom. The summed E-state index contributed by atoms with van der Waals surface area (Å²) in [5, 5.41) is 13.5. The molecule has 0 saturated heterocycles. The zero-order valence-corrected chi connectivity index (χ0v) is 19.8. The van der Waals surface area contributed by atoms with E-state index in [2.05, 4.69) is 49.0 Å². The van der Waals surface area contributed by atoms with Gasteiger partial charge in [-0.05, 0) is 45.1 Å². The summed E-state index contributed by atoms with van der Waals surface area (Å²) in [4.78, 5) is 23.9. The van der Waals surface area contributed by atoms with Crippen molar-refractivity contribution < 1.29 is 9.53 Å². The number of rotatable bonds is 9. The zero-order chi connectivity index (χ0) is 23.6. The van der Waals surface area contributed by atoms with Gasteiger partial charge in [0.15, 0.2) is 5.78 Å². The summed E-state index contributed by atoms with van der Waals surface area (Å²) in [5.41, 5.74) is 3.64. The Kier molecular flexibility index (Phi) is 6.50. The fourth-order valence-electron chi connectivity index (χ4n) is 4.54. The second kappa shape index (κ2) is 9.34. The molecule has 0 saturated carbocycles. The molecule has 0 bridgehead atoms. The number of benzene rings is 1. The summed E-state index contributed by atoms with van der Waals surface area (Å²) < 4.78 is 5.89. The maximum atomic E-state index is 13.4. The Labute approximate surface area is 194 Å². The first-order chi connectivity index (χ1) is 15.9. The number of nitriles is 1. The molecule has 3 aromatic rings. The van der Waals surface area contributed by atoms with Gasteiger partial charge in [0, 0.05) is 53.3 Å². The third-order valence-electron chi connectivity index (χ3n) is 6.51. The van der Waals surface area contributed by atoms with E-state index in [4.69, 9.17) is 9.72 Å². The van der Waals surface area contributed by atoms with E-state index in [1.165, 1.54) is 0 Å². The van der Waals surface area contributed by atoms with Gasteiger partial charge in [0.05, 0.1) is 22.9 Å². The highest BCUT2D eigenvalue weighted by Gasteiger charge is 2.41. The van der Waals surface area contributed by atoms with Crippen LogP contribution in [0.2, 0.25) is 0 Å². The number of hydrogen-bond acceptors (Lipinski definition) is 6. The number of H-pyrrole nitrogens is 1. The van der Waals surface area contributed by atoms with Crippen molar-refractivity contribution >= 4 is 16.7 Å². The van der Waals surface area contributed by atoms with E-state index in [0.29, 0.717) is 34.9 Å². The number of likely N-dealkylation sites (N-methyl/N-ethyl adjacent to an activating group) is 1. The van der Waals surface area contributed by atoms with E-state index >= 15 is 0 Å². The highest BCUT2D eigenvalue weighted by molar-refractivity contribution is 6.19. The standard InChI is InChI=1S/C26H31N5O2/c1-5-31(6-2)13-11-28-12-14-33-21-10-9-19-23(32)22-18-8-7-17(16-27)15-20(18)29-25(22)26(3,4)24(19)30-21/h7-10,15,28-29H,5-6,11-14H2,1-4H3. The Hall–Kier alpha value is -3.21. The zero-order valence-electron chi connectivity index (χ0n) is 19.8. The molecular weight excluding hydrogens is 414 g/mol. The SMILES string of the molecule is CCN(CC)CCNCCOc1ccc2c(n1)C(C)(C)c1[nH]c3cc(C#N)ccc3c1C2=O. The number of ether oxygens (including phenoxy) is 1. The van der Waals surface area contributed by atoms with Gasteiger partial charge < -0.3 is 19.9 Å². The summed E-state index contributed by atoms with van der Waals surface area (Å²) in [7, 11) is 0. The van der Waals surface area contributed by atoms with Crippen molar-refractivity contribution in [2.75, 3.05) is 39.3 Å². The third kappa shape index (κ3) is 4.24. The van der Waals surface area contributed by atoms with Gasteiger partial charge in [-0.1, -0.05) is 19.9 Å². The van der Waals surface area contributed by atoms with E-state index in [9.17, 15) is 10.1 Å². The lowest BCUT2D eigenvalue weighted by Crippen LogP contribution is -2.33. The van der Waals surface area contributed by atoms with Crippen molar-refractivity contribution in [1.82, 2.24) is 20.2 Å². The first kappa shape index (κ1) is 23.0. The van der Waals surface area contributed by atoms with Crippen molar-refractivity contribution in [3.05, 3.63) is 58.4 Å².